The highest BCUT2D eigenvalue weighted by Gasteiger charge is 2.43. The lowest BCUT2D eigenvalue weighted by atomic mass is 9.91. The molecular formula is C14H18BrClO3. The molecule has 0 bridgehead atoms. The lowest BCUT2D eigenvalue weighted by molar-refractivity contribution is -0.0900. The number of aryl methyl sites for hydroxylation is 1. The fourth-order valence-corrected chi connectivity index (χ4v) is 2.74. The second kappa shape index (κ2) is 6.93. The second-order valence-electron chi connectivity index (χ2n) is 4.65. The average Bonchev–Trinajstić information content (AvgIpc) is 2.38. The average molecular weight is 350 g/mol. The molecule has 0 saturated heterocycles. The Hall–Kier alpha value is -0.290. The van der Waals surface area contributed by atoms with Gasteiger partial charge in [-0.3, -0.25) is 0 Å². The van der Waals surface area contributed by atoms with Crippen LogP contribution in [0.4, 0.5) is 0 Å². The zero-order chi connectivity index (χ0) is 13.8. The molecule has 1 aliphatic rings. The van der Waals surface area contributed by atoms with Crippen molar-refractivity contribution in [1.82, 2.24) is 0 Å². The van der Waals surface area contributed by atoms with E-state index in [0.29, 0.717) is 13.2 Å². The van der Waals surface area contributed by atoms with Crippen LogP contribution in [0.15, 0.2) is 22.7 Å². The maximum atomic E-state index is 6.17. The highest BCUT2D eigenvalue weighted by Crippen LogP contribution is 2.34. The molecule has 19 heavy (non-hydrogen) atoms. The molecule has 0 aliphatic heterocycles. The topological polar surface area (TPSA) is 27.7 Å². The van der Waals surface area contributed by atoms with Crippen LogP contribution in [0.5, 0.6) is 5.75 Å². The molecule has 1 fully saturated rings. The Labute approximate surface area is 127 Å². The molecule has 0 amide bonds. The Kier molecular flexibility index (Phi) is 5.51. The minimum absolute atomic E-state index is 0.0207. The van der Waals surface area contributed by atoms with E-state index in [1.165, 1.54) is 0 Å². The largest absolute Gasteiger partial charge is 0.487 e. The molecule has 1 aromatic carbocycles. The van der Waals surface area contributed by atoms with Crippen molar-refractivity contribution >= 4 is 27.5 Å². The van der Waals surface area contributed by atoms with Crippen molar-refractivity contribution in [2.75, 3.05) is 20.3 Å². The summed E-state index contributed by atoms with van der Waals surface area (Å²) in [6.07, 6.45) is 0.771. The summed E-state index contributed by atoms with van der Waals surface area (Å²) in [6, 6.07) is 6.00. The van der Waals surface area contributed by atoms with Crippen molar-refractivity contribution in [1.29, 1.82) is 0 Å². The van der Waals surface area contributed by atoms with E-state index in [2.05, 4.69) is 15.9 Å². The summed E-state index contributed by atoms with van der Waals surface area (Å²) >= 11 is 9.62. The summed E-state index contributed by atoms with van der Waals surface area (Å²) in [6.45, 7) is 3.14. The Bertz CT molecular complexity index is 427. The first kappa shape index (κ1) is 15.1. The third kappa shape index (κ3) is 3.85. The van der Waals surface area contributed by atoms with E-state index in [1.54, 1.807) is 7.11 Å². The SMILES string of the molecule is COCCOC1C(Cl)CC1Oc1cc(Br)ccc1C. The van der Waals surface area contributed by atoms with Gasteiger partial charge < -0.3 is 14.2 Å². The molecule has 3 atom stereocenters. The van der Waals surface area contributed by atoms with E-state index in [1.807, 2.05) is 25.1 Å². The van der Waals surface area contributed by atoms with Gasteiger partial charge in [0.1, 0.15) is 18.0 Å². The number of methoxy groups -OCH3 is 1. The zero-order valence-corrected chi connectivity index (χ0v) is 13.4. The smallest absolute Gasteiger partial charge is 0.128 e. The van der Waals surface area contributed by atoms with Gasteiger partial charge >= 0.3 is 0 Å². The first-order valence-corrected chi connectivity index (χ1v) is 7.52. The predicted octanol–water partition coefficient (Wildman–Crippen LogP) is 3.55. The van der Waals surface area contributed by atoms with Crippen molar-refractivity contribution in [3.8, 4) is 5.75 Å². The Morgan fingerprint density at radius 1 is 1.37 bits per heavy atom. The first-order chi connectivity index (χ1) is 9.11. The number of benzene rings is 1. The number of alkyl halides is 1. The van der Waals surface area contributed by atoms with E-state index < -0.39 is 0 Å². The van der Waals surface area contributed by atoms with Crippen molar-refractivity contribution < 1.29 is 14.2 Å². The highest BCUT2D eigenvalue weighted by atomic mass is 79.9. The van der Waals surface area contributed by atoms with Gasteiger partial charge in [-0.05, 0) is 24.6 Å². The van der Waals surface area contributed by atoms with Crippen molar-refractivity contribution in [3.63, 3.8) is 0 Å². The van der Waals surface area contributed by atoms with Crippen LogP contribution in [0, 0.1) is 6.92 Å². The summed E-state index contributed by atoms with van der Waals surface area (Å²) in [5, 5.41) is 0.0225. The fraction of sp³-hybridized carbons (Fsp3) is 0.571. The highest BCUT2D eigenvalue weighted by molar-refractivity contribution is 9.10. The predicted molar refractivity (Wildman–Crippen MR) is 79.2 cm³/mol. The molecule has 3 nitrogen and oxygen atoms in total. The number of ether oxygens (including phenoxy) is 3. The molecule has 1 aromatic rings. The van der Waals surface area contributed by atoms with Crippen LogP contribution in [0.25, 0.3) is 0 Å². The third-order valence-electron chi connectivity index (χ3n) is 3.21. The molecular weight excluding hydrogens is 332 g/mol. The number of rotatable bonds is 6. The molecule has 1 aliphatic carbocycles. The molecule has 1 saturated carbocycles. The van der Waals surface area contributed by atoms with Gasteiger partial charge in [-0.1, -0.05) is 22.0 Å². The van der Waals surface area contributed by atoms with Gasteiger partial charge in [-0.15, -0.1) is 11.6 Å². The molecule has 0 N–H and O–H groups in total. The number of halogens is 2. The molecule has 0 heterocycles. The first-order valence-electron chi connectivity index (χ1n) is 6.29. The summed E-state index contributed by atoms with van der Waals surface area (Å²) in [7, 11) is 1.65. The molecule has 106 valence electrons. The Morgan fingerprint density at radius 3 is 2.84 bits per heavy atom. The molecule has 0 radical (unpaired) electrons. The Morgan fingerprint density at radius 2 is 2.16 bits per heavy atom. The standard InChI is InChI=1S/C14H18BrClO3/c1-9-3-4-10(15)7-12(9)19-13-8-11(16)14(13)18-6-5-17-2/h3-4,7,11,13-14H,5-6,8H2,1-2H3. The zero-order valence-electron chi connectivity index (χ0n) is 11.1. The van der Waals surface area contributed by atoms with Crippen LogP contribution >= 0.6 is 27.5 Å². The van der Waals surface area contributed by atoms with E-state index >= 15 is 0 Å². The normalized spacial score (nSPS) is 26.0. The molecule has 3 unspecified atom stereocenters. The monoisotopic (exact) mass is 348 g/mol. The van der Waals surface area contributed by atoms with Gasteiger partial charge in [0, 0.05) is 18.0 Å². The Balaban J connectivity index is 1.93. The quantitative estimate of drug-likeness (QED) is 0.581. The summed E-state index contributed by atoms with van der Waals surface area (Å²) in [4.78, 5) is 0. The van der Waals surface area contributed by atoms with E-state index in [4.69, 9.17) is 25.8 Å². The van der Waals surface area contributed by atoms with Gasteiger partial charge in [0.05, 0.1) is 18.6 Å². The summed E-state index contributed by atoms with van der Waals surface area (Å²) in [5.74, 6) is 0.878. The van der Waals surface area contributed by atoms with Gasteiger partial charge in [-0.2, -0.15) is 0 Å². The number of hydrogen-bond acceptors (Lipinski definition) is 3. The summed E-state index contributed by atoms with van der Waals surface area (Å²) in [5.41, 5.74) is 1.11. The lowest BCUT2D eigenvalue weighted by Gasteiger charge is -2.40. The summed E-state index contributed by atoms with van der Waals surface area (Å²) < 4.78 is 17.7. The maximum absolute atomic E-state index is 6.17. The van der Waals surface area contributed by atoms with Crippen molar-refractivity contribution in [3.05, 3.63) is 28.2 Å². The van der Waals surface area contributed by atoms with E-state index in [9.17, 15) is 0 Å². The van der Waals surface area contributed by atoms with Crippen LogP contribution in [0.3, 0.4) is 0 Å². The van der Waals surface area contributed by atoms with Crippen molar-refractivity contribution in [2.45, 2.75) is 30.9 Å². The second-order valence-corrected chi connectivity index (χ2v) is 6.12. The maximum Gasteiger partial charge on any atom is 0.128 e. The van der Waals surface area contributed by atoms with Crippen LogP contribution in [0.2, 0.25) is 0 Å². The molecule has 2 rings (SSSR count). The van der Waals surface area contributed by atoms with Gasteiger partial charge in [0.25, 0.3) is 0 Å². The van der Waals surface area contributed by atoms with Crippen LogP contribution in [-0.4, -0.2) is 37.9 Å². The lowest BCUT2D eigenvalue weighted by Crippen LogP contribution is -2.53. The molecule has 0 spiro atoms. The van der Waals surface area contributed by atoms with Crippen molar-refractivity contribution in [2.24, 2.45) is 0 Å². The van der Waals surface area contributed by atoms with E-state index in [-0.39, 0.29) is 17.6 Å². The van der Waals surface area contributed by atoms with Gasteiger partial charge in [0.15, 0.2) is 0 Å². The van der Waals surface area contributed by atoms with Crippen LogP contribution in [0.1, 0.15) is 12.0 Å². The molecule has 5 heteroatoms. The van der Waals surface area contributed by atoms with Crippen LogP contribution < -0.4 is 4.74 Å². The molecule has 0 aromatic heterocycles. The van der Waals surface area contributed by atoms with Gasteiger partial charge in [-0.25, -0.2) is 0 Å². The van der Waals surface area contributed by atoms with Crippen LogP contribution in [-0.2, 0) is 9.47 Å². The van der Waals surface area contributed by atoms with E-state index in [0.717, 1.165) is 22.2 Å². The van der Waals surface area contributed by atoms with Gasteiger partial charge in [0.2, 0.25) is 0 Å². The fourth-order valence-electron chi connectivity index (χ4n) is 1.99. The number of hydrogen-bond donors (Lipinski definition) is 0. The minimum Gasteiger partial charge on any atom is -0.487 e. The third-order valence-corrected chi connectivity index (χ3v) is 4.13. The minimum atomic E-state index is -0.0600.